The number of hydrogen-bond donors (Lipinski definition) is 2. The van der Waals surface area contributed by atoms with Gasteiger partial charge in [0.05, 0.1) is 16.6 Å². The van der Waals surface area contributed by atoms with Gasteiger partial charge in [-0.15, -0.1) is 0 Å². The van der Waals surface area contributed by atoms with Gasteiger partial charge in [0.25, 0.3) is 5.69 Å². The zero-order valence-electron chi connectivity index (χ0n) is 11.4. The van der Waals surface area contributed by atoms with Crippen LogP contribution in [0.1, 0.15) is 6.92 Å². The van der Waals surface area contributed by atoms with Gasteiger partial charge >= 0.3 is 0 Å². The Morgan fingerprint density at radius 1 is 1.52 bits per heavy atom. The predicted octanol–water partition coefficient (Wildman–Crippen LogP) is 1.13. The molecule has 2 N–H and O–H groups in total. The maximum atomic E-state index is 13.0. The van der Waals surface area contributed by atoms with Crippen molar-refractivity contribution in [2.45, 2.75) is 17.4 Å². The zero-order valence-corrected chi connectivity index (χ0v) is 13.0. The molecule has 0 amide bonds. The van der Waals surface area contributed by atoms with Crippen LogP contribution in [-0.4, -0.2) is 42.6 Å². The molecule has 1 unspecified atom stereocenters. The van der Waals surface area contributed by atoms with Crippen LogP contribution >= 0.6 is 11.8 Å². The molecule has 0 aliphatic rings. The maximum Gasteiger partial charge on any atom is 0.292 e. The molecule has 0 bridgehead atoms. The highest BCUT2D eigenvalue weighted by Crippen LogP contribution is 2.24. The van der Waals surface area contributed by atoms with Crippen LogP contribution in [-0.2, 0) is 10.0 Å². The molecule has 0 aliphatic carbocycles. The van der Waals surface area contributed by atoms with Crippen molar-refractivity contribution >= 4 is 27.5 Å². The Balaban J connectivity index is 3.07. The summed E-state index contributed by atoms with van der Waals surface area (Å²) in [6, 6.07) is 2.18. The Bertz CT molecular complexity index is 634. The maximum absolute atomic E-state index is 13.0. The van der Waals surface area contributed by atoms with E-state index in [1.54, 1.807) is 6.26 Å². The van der Waals surface area contributed by atoms with Crippen molar-refractivity contribution in [2.24, 2.45) is 0 Å². The third-order valence-electron chi connectivity index (χ3n) is 2.51. The molecule has 0 radical (unpaired) electrons. The van der Waals surface area contributed by atoms with E-state index >= 15 is 0 Å². The molecule has 0 aromatic heterocycles. The minimum Gasteiger partial charge on any atom is -0.388 e. The molecule has 118 valence electrons. The molecule has 1 aromatic rings. The normalized spacial score (nSPS) is 14.7. The number of nitro benzene ring substituents is 1. The fourth-order valence-corrected chi connectivity index (χ4v) is 3.59. The first-order chi connectivity index (χ1) is 9.59. The number of halogens is 1. The number of benzene rings is 1. The van der Waals surface area contributed by atoms with Gasteiger partial charge in [-0.25, -0.2) is 17.5 Å². The predicted molar refractivity (Wildman–Crippen MR) is 77.2 cm³/mol. The first kappa shape index (κ1) is 17.8. The number of hydrogen-bond acceptors (Lipinski definition) is 6. The van der Waals surface area contributed by atoms with Crippen molar-refractivity contribution in [2.75, 3.05) is 18.6 Å². The van der Waals surface area contributed by atoms with Crippen LogP contribution in [0, 0.1) is 15.9 Å². The van der Waals surface area contributed by atoms with Crippen LogP contribution < -0.4 is 4.72 Å². The fraction of sp³-hybridized carbons (Fsp3) is 0.455. The van der Waals surface area contributed by atoms with Gasteiger partial charge in [-0.3, -0.25) is 10.1 Å². The molecule has 1 rings (SSSR count). The van der Waals surface area contributed by atoms with Gasteiger partial charge in [0, 0.05) is 12.3 Å². The lowest BCUT2D eigenvalue weighted by molar-refractivity contribution is -0.388. The number of aliphatic hydroxyl groups is 1. The van der Waals surface area contributed by atoms with E-state index in [0.717, 1.165) is 12.1 Å². The summed E-state index contributed by atoms with van der Waals surface area (Å²) in [6.45, 7) is 1.12. The Hall–Kier alpha value is -1.23. The molecular weight excluding hydrogens is 323 g/mol. The van der Waals surface area contributed by atoms with E-state index in [0.29, 0.717) is 6.07 Å². The van der Waals surface area contributed by atoms with Gasteiger partial charge in [-0.05, 0) is 25.3 Å². The molecular formula is C11H15FN2O5S2. The summed E-state index contributed by atoms with van der Waals surface area (Å²) in [5, 5.41) is 20.7. The zero-order chi connectivity index (χ0) is 16.3. The van der Waals surface area contributed by atoms with Gasteiger partial charge in [0.1, 0.15) is 5.82 Å². The number of nitro groups is 1. The van der Waals surface area contributed by atoms with Crippen molar-refractivity contribution < 1.29 is 22.8 Å². The lowest BCUT2D eigenvalue weighted by Gasteiger charge is -2.22. The van der Waals surface area contributed by atoms with Crippen molar-refractivity contribution in [3.63, 3.8) is 0 Å². The standard InChI is InChI=1S/C11H15FN2O5S2/c1-11(15,7-20-2)6-13-21(18,19)10-4-3-8(12)5-9(10)14(16)17/h3-5,13,15H,6-7H2,1-2H3. The second-order valence-corrected chi connectivity index (χ2v) is 7.23. The first-order valence-corrected chi connectivity index (χ1v) is 8.62. The Morgan fingerprint density at radius 2 is 2.14 bits per heavy atom. The Labute approximate surface area is 125 Å². The number of nitrogens with zero attached hydrogens (tertiary/aromatic N) is 1. The summed E-state index contributed by atoms with van der Waals surface area (Å²) in [5.74, 6) is -0.629. The van der Waals surface area contributed by atoms with Crippen molar-refractivity contribution in [1.29, 1.82) is 0 Å². The molecule has 0 heterocycles. The lowest BCUT2D eigenvalue weighted by atomic mass is 10.1. The largest absolute Gasteiger partial charge is 0.388 e. The molecule has 1 atom stereocenters. The molecule has 10 heteroatoms. The monoisotopic (exact) mass is 338 g/mol. The van der Waals surface area contributed by atoms with E-state index in [2.05, 4.69) is 4.72 Å². The molecule has 0 fully saturated rings. The highest BCUT2D eigenvalue weighted by molar-refractivity contribution is 7.98. The molecule has 0 spiro atoms. The van der Waals surface area contributed by atoms with Gasteiger partial charge < -0.3 is 5.11 Å². The van der Waals surface area contributed by atoms with Crippen LogP contribution in [0.15, 0.2) is 23.1 Å². The smallest absolute Gasteiger partial charge is 0.292 e. The second-order valence-electron chi connectivity index (χ2n) is 4.62. The van der Waals surface area contributed by atoms with E-state index in [1.807, 2.05) is 0 Å². The minimum absolute atomic E-state index is 0.279. The van der Waals surface area contributed by atoms with Gasteiger partial charge in [0.2, 0.25) is 10.0 Å². The molecule has 0 saturated heterocycles. The lowest BCUT2D eigenvalue weighted by Crippen LogP contribution is -2.42. The van der Waals surface area contributed by atoms with Gasteiger partial charge in [-0.2, -0.15) is 11.8 Å². The molecule has 0 saturated carbocycles. The van der Waals surface area contributed by atoms with Crippen LogP contribution in [0.2, 0.25) is 0 Å². The number of thioether (sulfide) groups is 1. The van der Waals surface area contributed by atoms with Crippen molar-refractivity contribution in [3.05, 3.63) is 34.1 Å². The van der Waals surface area contributed by atoms with Crippen LogP contribution in [0.25, 0.3) is 0 Å². The summed E-state index contributed by atoms with van der Waals surface area (Å²) in [4.78, 5) is 9.20. The topological polar surface area (TPSA) is 110 Å². The van der Waals surface area contributed by atoms with E-state index in [-0.39, 0.29) is 12.3 Å². The average Bonchev–Trinajstić information content (AvgIpc) is 2.36. The van der Waals surface area contributed by atoms with E-state index in [9.17, 15) is 28.0 Å². The van der Waals surface area contributed by atoms with Crippen molar-refractivity contribution in [3.8, 4) is 0 Å². The highest BCUT2D eigenvalue weighted by Gasteiger charge is 2.29. The number of rotatable bonds is 7. The summed E-state index contributed by atoms with van der Waals surface area (Å²) in [5.41, 5.74) is -2.16. The third-order valence-corrected chi connectivity index (χ3v) is 4.86. The second kappa shape index (κ2) is 6.69. The molecule has 7 nitrogen and oxygen atoms in total. The van der Waals surface area contributed by atoms with E-state index in [4.69, 9.17) is 0 Å². The minimum atomic E-state index is -4.23. The van der Waals surface area contributed by atoms with E-state index in [1.165, 1.54) is 18.7 Å². The van der Waals surface area contributed by atoms with Crippen molar-refractivity contribution in [1.82, 2.24) is 4.72 Å². The fourth-order valence-electron chi connectivity index (χ4n) is 1.55. The molecule has 1 aromatic carbocycles. The van der Waals surface area contributed by atoms with Crippen LogP contribution in [0.5, 0.6) is 0 Å². The summed E-state index contributed by atoms with van der Waals surface area (Å²) >= 11 is 1.32. The molecule has 0 aliphatic heterocycles. The first-order valence-electron chi connectivity index (χ1n) is 5.74. The average molecular weight is 338 g/mol. The Kier molecular flexibility index (Phi) is 5.68. The number of sulfonamides is 1. The summed E-state index contributed by atoms with van der Waals surface area (Å²) in [7, 11) is -4.23. The van der Waals surface area contributed by atoms with Gasteiger partial charge in [0.15, 0.2) is 4.90 Å². The van der Waals surface area contributed by atoms with Crippen LogP contribution in [0.4, 0.5) is 10.1 Å². The third kappa shape index (κ3) is 4.92. The molecule has 21 heavy (non-hydrogen) atoms. The quantitative estimate of drug-likeness (QED) is 0.570. The van der Waals surface area contributed by atoms with Gasteiger partial charge in [-0.1, -0.05) is 0 Å². The Morgan fingerprint density at radius 3 is 2.67 bits per heavy atom. The van der Waals surface area contributed by atoms with E-state index < -0.39 is 36.9 Å². The van der Waals surface area contributed by atoms with Crippen LogP contribution in [0.3, 0.4) is 0 Å². The summed E-state index contributed by atoms with van der Waals surface area (Å²) < 4.78 is 39.2. The summed E-state index contributed by atoms with van der Waals surface area (Å²) in [6.07, 6.45) is 1.74. The highest BCUT2D eigenvalue weighted by atomic mass is 32.2. The number of nitrogens with one attached hydrogen (secondary N) is 1. The SMILES string of the molecule is CSCC(C)(O)CNS(=O)(=O)c1ccc(F)cc1[N+](=O)[O-].